The van der Waals surface area contributed by atoms with Crippen LogP contribution in [0.15, 0.2) is 36.4 Å². The molecule has 0 fully saturated rings. The van der Waals surface area contributed by atoms with E-state index in [0.717, 1.165) is 5.56 Å². The van der Waals surface area contributed by atoms with E-state index in [1.54, 1.807) is 30.3 Å². The summed E-state index contributed by atoms with van der Waals surface area (Å²) in [5, 5.41) is 3.36. The van der Waals surface area contributed by atoms with Crippen LogP contribution in [0.25, 0.3) is 0 Å². The summed E-state index contributed by atoms with van der Waals surface area (Å²) in [6.45, 7) is 1.89. The third-order valence-electron chi connectivity index (χ3n) is 2.98. The van der Waals surface area contributed by atoms with Crippen molar-refractivity contribution < 1.29 is 9.53 Å². The van der Waals surface area contributed by atoms with Crippen molar-refractivity contribution in [2.45, 2.75) is 6.92 Å². The fourth-order valence-corrected chi connectivity index (χ4v) is 2.01. The lowest BCUT2D eigenvalue weighted by atomic mass is 10.1. The number of aryl methyl sites for hydroxylation is 1. The molecule has 0 atom stereocenters. The number of carbonyl (C=O) groups is 1. The van der Waals surface area contributed by atoms with Gasteiger partial charge in [-0.15, -0.1) is 0 Å². The molecule has 1 amide bonds. The molecule has 4 nitrogen and oxygen atoms in total. The number of nitrogens with one attached hydrogen (secondary N) is 1. The second-order valence-corrected chi connectivity index (χ2v) is 4.77. The molecule has 0 aliphatic carbocycles. The molecule has 0 aliphatic heterocycles. The Morgan fingerprint density at radius 3 is 2.75 bits per heavy atom. The van der Waals surface area contributed by atoms with Crippen LogP contribution in [0.3, 0.4) is 0 Å². The third-order valence-corrected chi connectivity index (χ3v) is 3.21. The molecule has 0 spiro atoms. The van der Waals surface area contributed by atoms with Gasteiger partial charge in [-0.25, -0.2) is 0 Å². The zero-order chi connectivity index (χ0) is 14.7. The fraction of sp³-hybridized carbons (Fsp3) is 0.133. The Hall–Kier alpha value is -2.20. The zero-order valence-corrected chi connectivity index (χ0v) is 12.0. The summed E-state index contributed by atoms with van der Waals surface area (Å²) < 4.78 is 5.10. The predicted octanol–water partition coefficient (Wildman–Crippen LogP) is 3.49. The van der Waals surface area contributed by atoms with Crippen LogP contribution >= 0.6 is 11.6 Å². The molecule has 0 heterocycles. The van der Waals surface area contributed by atoms with Gasteiger partial charge in [0.15, 0.2) is 0 Å². The maximum atomic E-state index is 12.3. The highest BCUT2D eigenvalue weighted by molar-refractivity contribution is 6.31. The molecule has 0 unspecified atom stereocenters. The lowest BCUT2D eigenvalue weighted by Crippen LogP contribution is -2.15. The number of benzene rings is 2. The van der Waals surface area contributed by atoms with Crippen LogP contribution in [-0.4, -0.2) is 13.0 Å². The van der Waals surface area contributed by atoms with Crippen molar-refractivity contribution in [2.24, 2.45) is 0 Å². The maximum Gasteiger partial charge on any atom is 0.257 e. The van der Waals surface area contributed by atoms with Gasteiger partial charge in [0.2, 0.25) is 0 Å². The number of nitrogen functional groups attached to an aromatic ring is 1. The molecule has 2 aromatic rings. The summed E-state index contributed by atoms with van der Waals surface area (Å²) >= 11 is 5.93. The van der Waals surface area contributed by atoms with Gasteiger partial charge in [-0.3, -0.25) is 4.79 Å². The Labute approximate surface area is 122 Å². The van der Waals surface area contributed by atoms with Crippen LogP contribution < -0.4 is 15.8 Å². The SMILES string of the molecule is COc1cccc(C(=O)Nc2cc(Cl)ccc2C)c1N. The van der Waals surface area contributed by atoms with Crippen molar-refractivity contribution in [3.8, 4) is 5.75 Å². The Morgan fingerprint density at radius 2 is 2.05 bits per heavy atom. The maximum absolute atomic E-state index is 12.3. The predicted molar refractivity (Wildman–Crippen MR) is 81.5 cm³/mol. The standard InChI is InChI=1S/C15H15ClN2O2/c1-9-6-7-10(16)8-12(9)18-15(19)11-4-3-5-13(20-2)14(11)17/h3-8H,17H2,1-2H3,(H,18,19). The number of carbonyl (C=O) groups excluding carboxylic acids is 1. The van der Waals surface area contributed by atoms with E-state index >= 15 is 0 Å². The number of nitrogens with two attached hydrogens (primary N) is 1. The first-order chi connectivity index (χ1) is 9.52. The highest BCUT2D eigenvalue weighted by Crippen LogP contribution is 2.26. The monoisotopic (exact) mass is 290 g/mol. The number of hydrogen-bond donors (Lipinski definition) is 2. The van der Waals surface area contributed by atoms with E-state index in [2.05, 4.69) is 5.32 Å². The first kappa shape index (κ1) is 14.2. The van der Waals surface area contributed by atoms with E-state index in [4.69, 9.17) is 22.1 Å². The minimum atomic E-state index is -0.299. The van der Waals surface area contributed by atoms with Crippen LogP contribution in [-0.2, 0) is 0 Å². The second-order valence-electron chi connectivity index (χ2n) is 4.33. The van der Waals surface area contributed by atoms with Gasteiger partial charge < -0.3 is 15.8 Å². The van der Waals surface area contributed by atoms with E-state index in [9.17, 15) is 4.79 Å². The summed E-state index contributed by atoms with van der Waals surface area (Å²) in [7, 11) is 1.51. The summed E-state index contributed by atoms with van der Waals surface area (Å²) in [6, 6.07) is 10.4. The average molecular weight is 291 g/mol. The Balaban J connectivity index is 2.31. The molecule has 0 saturated heterocycles. The normalized spacial score (nSPS) is 10.2. The van der Waals surface area contributed by atoms with Gasteiger partial charge in [0.05, 0.1) is 18.4 Å². The number of halogens is 1. The van der Waals surface area contributed by atoms with Crippen LogP contribution in [0.1, 0.15) is 15.9 Å². The quantitative estimate of drug-likeness (QED) is 0.851. The topological polar surface area (TPSA) is 64.3 Å². The van der Waals surface area contributed by atoms with Crippen molar-refractivity contribution in [3.05, 3.63) is 52.5 Å². The molecule has 0 saturated carbocycles. The van der Waals surface area contributed by atoms with Crippen LogP contribution in [0, 0.1) is 6.92 Å². The Kier molecular flexibility index (Phi) is 4.15. The van der Waals surface area contributed by atoms with Gasteiger partial charge in [0.25, 0.3) is 5.91 Å². The fourth-order valence-electron chi connectivity index (χ4n) is 1.84. The number of methoxy groups -OCH3 is 1. The van der Waals surface area contributed by atoms with Gasteiger partial charge >= 0.3 is 0 Å². The molecular weight excluding hydrogens is 276 g/mol. The van der Waals surface area contributed by atoms with Crippen LogP contribution in [0.2, 0.25) is 5.02 Å². The number of rotatable bonds is 3. The van der Waals surface area contributed by atoms with Crippen molar-refractivity contribution in [1.29, 1.82) is 0 Å². The molecule has 0 aromatic heterocycles. The highest BCUT2D eigenvalue weighted by atomic mass is 35.5. The number of para-hydroxylation sites is 1. The minimum absolute atomic E-state index is 0.299. The van der Waals surface area contributed by atoms with Gasteiger partial charge in [-0.05, 0) is 36.8 Å². The van der Waals surface area contributed by atoms with E-state index in [-0.39, 0.29) is 5.91 Å². The van der Waals surface area contributed by atoms with E-state index in [1.807, 2.05) is 13.0 Å². The summed E-state index contributed by atoms with van der Waals surface area (Å²) in [6.07, 6.45) is 0. The van der Waals surface area contributed by atoms with Gasteiger partial charge in [0, 0.05) is 10.7 Å². The highest BCUT2D eigenvalue weighted by Gasteiger charge is 2.14. The van der Waals surface area contributed by atoms with Gasteiger partial charge in [0.1, 0.15) is 5.75 Å². The lowest BCUT2D eigenvalue weighted by Gasteiger charge is -2.12. The molecular formula is C15H15ClN2O2. The largest absolute Gasteiger partial charge is 0.495 e. The molecule has 0 radical (unpaired) electrons. The van der Waals surface area contributed by atoms with Gasteiger partial charge in [-0.1, -0.05) is 23.7 Å². The molecule has 104 valence electrons. The first-order valence-corrected chi connectivity index (χ1v) is 6.40. The van der Waals surface area contributed by atoms with Crippen molar-refractivity contribution in [1.82, 2.24) is 0 Å². The number of anilines is 2. The second kappa shape index (κ2) is 5.84. The zero-order valence-electron chi connectivity index (χ0n) is 11.2. The van der Waals surface area contributed by atoms with E-state index in [0.29, 0.717) is 27.7 Å². The summed E-state index contributed by atoms with van der Waals surface area (Å²) in [5.41, 5.74) is 8.16. The molecule has 0 aliphatic rings. The van der Waals surface area contributed by atoms with Crippen LogP contribution in [0.4, 0.5) is 11.4 Å². The van der Waals surface area contributed by atoms with Crippen molar-refractivity contribution in [3.63, 3.8) is 0 Å². The van der Waals surface area contributed by atoms with E-state index < -0.39 is 0 Å². The average Bonchev–Trinajstić information content (AvgIpc) is 2.43. The molecule has 2 rings (SSSR count). The Morgan fingerprint density at radius 1 is 1.30 bits per heavy atom. The summed E-state index contributed by atoms with van der Waals surface area (Å²) in [5.74, 6) is 0.173. The molecule has 0 bridgehead atoms. The van der Waals surface area contributed by atoms with Crippen molar-refractivity contribution in [2.75, 3.05) is 18.2 Å². The van der Waals surface area contributed by atoms with Gasteiger partial charge in [-0.2, -0.15) is 0 Å². The molecule has 3 N–H and O–H groups in total. The third kappa shape index (κ3) is 2.86. The number of hydrogen-bond acceptors (Lipinski definition) is 3. The molecule has 20 heavy (non-hydrogen) atoms. The van der Waals surface area contributed by atoms with E-state index in [1.165, 1.54) is 7.11 Å². The molecule has 2 aromatic carbocycles. The summed E-state index contributed by atoms with van der Waals surface area (Å²) in [4.78, 5) is 12.3. The Bertz CT molecular complexity index is 656. The molecule has 5 heteroatoms. The smallest absolute Gasteiger partial charge is 0.257 e. The van der Waals surface area contributed by atoms with Crippen LogP contribution in [0.5, 0.6) is 5.75 Å². The minimum Gasteiger partial charge on any atom is -0.495 e. The lowest BCUT2D eigenvalue weighted by molar-refractivity contribution is 0.102. The number of amides is 1. The first-order valence-electron chi connectivity index (χ1n) is 6.03. The number of ether oxygens (including phenoxy) is 1. The van der Waals surface area contributed by atoms with Crippen molar-refractivity contribution >= 4 is 28.9 Å².